The molecule has 0 saturated heterocycles. The van der Waals surface area contributed by atoms with Gasteiger partial charge in [0, 0.05) is 5.56 Å². The summed E-state index contributed by atoms with van der Waals surface area (Å²) in [5.74, 6) is 3.49. The molecule has 34 heavy (non-hydrogen) atoms. The van der Waals surface area contributed by atoms with Gasteiger partial charge in [-0.25, -0.2) is 5.43 Å². The van der Waals surface area contributed by atoms with Crippen LogP contribution in [0, 0.1) is 18.3 Å². The molecule has 2 N–H and O–H groups in total. The minimum atomic E-state index is -0.798. The first-order valence-electron chi connectivity index (χ1n) is 10.8. The van der Waals surface area contributed by atoms with Crippen molar-refractivity contribution in [3.8, 4) is 35.3 Å². The molecule has 0 radical (unpaired) electrons. The third-order valence-electron chi connectivity index (χ3n) is 4.84. The quantitative estimate of drug-likeness (QED) is 0.317. The Kier molecular flexibility index (Phi) is 8.35. The molecule has 2 aromatic carbocycles. The van der Waals surface area contributed by atoms with Gasteiger partial charge in [0.05, 0.1) is 12.8 Å². The van der Waals surface area contributed by atoms with Crippen LogP contribution in [-0.2, 0) is 4.79 Å². The first-order valence-corrected chi connectivity index (χ1v) is 10.8. The molecule has 1 aliphatic rings. The van der Waals surface area contributed by atoms with E-state index in [1.165, 1.54) is 6.21 Å². The summed E-state index contributed by atoms with van der Waals surface area (Å²) in [5, 5.41) is 6.78. The fourth-order valence-corrected chi connectivity index (χ4v) is 3.15. The predicted molar refractivity (Wildman–Crippen MR) is 126 cm³/mol. The third-order valence-corrected chi connectivity index (χ3v) is 4.84. The zero-order valence-corrected chi connectivity index (χ0v) is 19.3. The highest BCUT2D eigenvalue weighted by atomic mass is 16.7. The lowest BCUT2D eigenvalue weighted by atomic mass is 10.0. The molecule has 2 aromatic rings. The van der Waals surface area contributed by atoms with Gasteiger partial charge in [0.2, 0.25) is 6.79 Å². The van der Waals surface area contributed by atoms with E-state index in [0.29, 0.717) is 40.7 Å². The predicted octanol–water partition coefficient (Wildman–Crippen LogP) is 2.73. The normalized spacial score (nSPS) is 12.8. The highest BCUT2D eigenvalue weighted by Crippen LogP contribution is 2.32. The van der Waals surface area contributed by atoms with Crippen LogP contribution in [0.3, 0.4) is 0 Å². The monoisotopic (exact) mass is 465 g/mol. The molecule has 1 aliphatic heterocycles. The van der Waals surface area contributed by atoms with Crippen LogP contribution >= 0.6 is 0 Å². The van der Waals surface area contributed by atoms with Crippen molar-refractivity contribution in [1.82, 2.24) is 10.7 Å². The second-order valence-electron chi connectivity index (χ2n) is 7.63. The van der Waals surface area contributed by atoms with E-state index >= 15 is 0 Å². The van der Waals surface area contributed by atoms with Gasteiger partial charge in [-0.3, -0.25) is 9.59 Å². The Morgan fingerprint density at radius 2 is 1.94 bits per heavy atom. The van der Waals surface area contributed by atoms with E-state index in [2.05, 4.69) is 21.8 Å². The molecule has 9 heteroatoms. The van der Waals surface area contributed by atoms with Crippen LogP contribution < -0.4 is 29.7 Å². The van der Waals surface area contributed by atoms with E-state index < -0.39 is 17.9 Å². The van der Waals surface area contributed by atoms with E-state index in [1.54, 1.807) is 36.4 Å². The highest BCUT2D eigenvalue weighted by Gasteiger charge is 2.25. The van der Waals surface area contributed by atoms with Crippen molar-refractivity contribution in [1.29, 1.82) is 0 Å². The molecule has 0 aromatic heterocycles. The SMILES string of the molecule is C#CCOc1ccc(C=NNC(=O)C(NC(=O)c2ccc3c(c2)OCO3)C(C)C)cc1OCC. The van der Waals surface area contributed by atoms with Crippen LogP contribution in [0.2, 0.25) is 0 Å². The van der Waals surface area contributed by atoms with Crippen LogP contribution in [0.25, 0.3) is 0 Å². The zero-order valence-electron chi connectivity index (χ0n) is 19.3. The van der Waals surface area contributed by atoms with Crippen LogP contribution in [0.1, 0.15) is 36.7 Å². The number of carbonyl (C=O) groups is 2. The smallest absolute Gasteiger partial charge is 0.262 e. The number of hydrazone groups is 1. The van der Waals surface area contributed by atoms with Gasteiger partial charge in [0.15, 0.2) is 23.0 Å². The van der Waals surface area contributed by atoms with Gasteiger partial charge in [-0.05, 0) is 54.8 Å². The van der Waals surface area contributed by atoms with Crippen molar-refractivity contribution < 1.29 is 28.5 Å². The summed E-state index contributed by atoms with van der Waals surface area (Å²) in [6, 6.07) is 9.26. The number of amides is 2. The Morgan fingerprint density at radius 3 is 2.68 bits per heavy atom. The van der Waals surface area contributed by atoms with Crippen molar-refractivity contribution in [3.63, 3.8) is 0 Å². The Hall–Kier alpha value is -4.19. The molecule has 3 rings (SSSR count). The van der Waals surface area contributed by atoms with E-state index in [4.69, 9.17) is 25.4 Å². The Bertz CT molecular complexity index is 1110. The number of fused-ring (bicyclic) bond motifs is 1. The molecule has 1 atom stereocenters. The lowest BCUT2D eigenvalue weighted by Crippen LogP contribution is -2.48. The van der Waals surface area contributed by atoms with Crippen molar-refractivity contribution >= 4 is 18.0 Å². The second kappa shape index (κ2) is 11.6. The van der Waals surface area contributed by atoms with E-state index in [1.807, 2.05) is 20.8 Å². The van der Waals surface area contributed by atoms with Crippen molar-refractivity contribution in [2.45, 2.75) is 26.8 Å². The van der Waals surface area contributed by atoms with Gasteiger partial charge in [0.25, 0.3) is 11.8 Å². The number of terminal acetylenes is 1. The van der Waals surface area contributed by atoms with Crippen molar-refractivity contribution in [2.24, 2.45) is 11.0 Å². The van der Waals surface area contributed by atoms with Gasteiger partial charge in [0.1, 0.15) is 12.6 Å². The number of nitrogens with zero attached hydrogens (tertiary/aromatic N) is 1. The molecular formula is C25H27N3O6. The van der Waals surface area contributed by atoms with Gasteiger partial charge >= 0.3 is 0 Å². The zero-order chi connectivity index (χ0) is 24.5. The summed E-state index contributed by atoms with van der Waals surface area (Å²) >= 11 is 0. The molecule has 178 valence electrons. The van der Waals surface area contributed by atoms with Crippen molar-refractivity contribution in [3.05, 3.63) is 47.5 Å². The Balaban J connectivity index is 1.63. The third kappa shape index (κ3) is 6.19. The Morgan fingerprint density at radius 1 is 1.15 bits per heavy atom. The molecule has 2 amide bonds. The van der Waals surface area contributed by atoms with Gasteiger partial charge in [-0.1, -0.05) is 19.8 Å². The minimum absolute atomic E-state index is 0.113. The van der Waals surface area contributed by atoms with Gasteiger partial charge in [-0.2, -0.15) is 5.10 Å². The molecule has 0 fully saturated rings. The lowest BCUT2D eigenvalue weighted by molar-refractivity contribution is -0.123. The number of nitrogens with one attached hydrogen (secondary N) is 2. The summed E-state index contributed by atoms with van der Waals surface area (Å²) in [5.41, 5.74) is 3.53. The van der Waals surface area contributed by atoms with E-state index in [9.17, 15) is 9.59 Å². The number of ether oxygens (including phenoxy) is 4. The lowest BCUT2D eigenvalue weighted by Gasteiger charge is -2.20. The van der Waals surface area contributed by atoms with E-state index in [-0.39, 0.29) is 19.3 Å². The van der Waals surface area contributed by atoms with Crippen LogP contribution in [0.4, 0.5) is 0 Å². The molecule has 0 bridgehead atoms. The molecular weight excluding hydrogens is 438 g/mol. The average Bonchev–Trinajstić information content (AvgIpc) is 3.29. The summed E-state index contributed by atoms with van der Waals surface area (Å²) in [6.45, 7) is 6.20. The topological polar surface area (TPSA) is 107 Å². The number of carbonyl (C=O) groups excluding carboxylic acids is 2. The van der Waals surface area contributed by atoms with Crippen molar-refractivity contribution in [2.75, 3.05) is 20.0 Å². The van der Waals surface area contributed by atoms with Crippen LogP contribution in [0.15, 0.2) is 41.5 Å². The summed E-state index contributed by atoms with van der Waals surface area (Å²) in [6.07, 6.45) is 6.72. The number of rotatable bonds is 10. The molecule has 0 spiro atoms. The van der Waals surface area contributed by atoms with Gasteiger partial charge < -0.3 is 24.3 Å². The summed E-state index contributed by atoms with van der Waals surface area (Å²) in [7, 11) is 0. The fourth-order valence-electron chi connectivity index (χ4n) is 3.15. The fraction of sp³-hybridized carbons (Fsp3) is 0.320. The van der Waals surface area contributed by atoms with Crippen LogP contribution in [-0.4, -0.2) is 44.1 Å². The summed E-state index contributed by atoms with van der Waals surface area (Å²) < 4.78 is 21.6. The maximum atomic E-state index is 12.7. The maximum Gasteiger partial charge on any atom is 0.262 e. The standard InChI is InChI=1S/C25H27N3O6/c1-5-11-32-19-9-7-17(12-21(19)31-6-2)14-26-28-25(30)23(16(3)4)27-24(29)18-8-10-20-22(13-18)34-15-33-20/h1,7-10,12-14,16,23H,6,11,15H2,2-4H3,(H,27,29)(H,28,30). The molecule has 1 heterocycles. The average molecular weight is 466 g/mol. The Labute approximate surface area is 198 Å². The second-order valence-corrected chi connectivity index (χ2v) is 7.63. The van der Waals surface area contributed by atoms with Gasteiger partial charge in [-0.15, -0.1) is 6.42 Å². The molecule has 0 aliphatic carbocycles. The highest BCUT2D eigenvalue weighted by molar-refractivity contribution is 5.98. The minimum Gasteiger partial charge on any atom is -0.490 e. The molecule has 9 nitrogen and oxygen atoms in total. The first-order chi connectivity index (χ1) is 16.4. The largest absolute Gasteiger partial charge is 0.490 e. The number of hydrogen-bond donors (Lipinski definition) is 2. The first kappa shape index (κ1) is 24.5. The maximum absolute atomic E-state index is 12.7. The summed E-state index contributed by atoms with van der Waals surface area (Å²) in [4.78, 5) is 25.4. The molecule has 1 unspecified atom stereocenters. The van der Waals surface area contributed by atoms with E-state index in [0.717, 1.165) is 0 Å². The number of hydrogen-bond acceptors (Lipinski definition) is 7. The molecule has 0 saturated carbocycles. The van der Waals surface area contributed by atoms with Crippen LogP contribution in [0.5, 0.6) is 23.0 Å². The number of benzene rings is 2.